The van der Waals surface area contributed by atoms with E-state index in [0.29, 0.717) is 6.10 Å². The van der Waals surface area contributed by atoms with E-state index in [1.807, 2.05) is 0 Å². The van der Waals surface area contributed by atoms with E-state index in [1.54, 1.807) is 0 Å². The SMILES string of the molecule is CCCCCC[C@@H]1CO[C@H](C)[C@@H](C)O1. The molecule has 1 saturated heterocycles. The highest BCUT2D eigenvalue weighted by atomic mass is 16.6. The number of unbranched alkanes of at least 4 members (excludes halogenated alkanes) is 3. The van der Waals surface area contributed by atoms with Gasteiger partial charge < -0.3 is 9.47 Å². The van der Waals surface area contributed by atoms with Gasteiger partial charge in [-0.1, -0.05) is 32.6 Å². The van der Waals surface area contributed by atoms with Gasteiger partial charge >= 0.3 is 0 Å². The highest BCUT2D eigenvalue weighted by Crippen LogP contribution is 2.18. The first kappa shape index (κ1) is 12.0. The Labute approximate surface area is 88.0 Å². The lowest BCUT2D eigenvalue weighted by Gasteiger charge is -2.33. The molecule has 1 fully saturated rings. The van der Waals surface area contributed by atoms with Gasteiger partial charge in [0.1, 0.15) is 0 Å². The molecule has 0 aliphatic carbocycles. The van der Waals surface area contributed by atoms with Gasteiger partial charge in [0.15, 0.2) is 0 Å². The second kappa shape index (κ2) is 6.41. The molecule has 0 aromatic heterocycles. The molecule has 0 aromatic rings. The highest BCUT2D eigenvalue weighted by molar-refractivity contribution is 4.71. The van der Waals surface area contributed by atoms with Crippen LogP contribution in [0, 0.1) is 0 Å². The summed E-state index contributed by atoms with van der Waals surface area (Å²) in [5.74, 6) is 0. The summed E-state index contributed by atoms with van der Waals surface area (Å²) >= 11 is 0. The van der Waals surface area contributed by atoms with Gasteiger partial charge in [0.25, 0.3) is 0 Å². The summed E-state index contributed by atoms with van der Waals surface area (Å²) in [5, 5.41) is 0. The van der Waals surface area contributed by atoms with Crippen molar-refractivity contribution in [3.8, 4) is 0 Å². The van der Waals surface area contributed by atoms with Crippen LogP contribution in [0.25, 0.3) is 0 Å². The minimum atomic E-state index is 0.264. The van der Waals surface area contributed by atoms with Crippen LogP contribution >= 0.6 is 0 Å². The zero-order chi connectivity index (χ0) is 10.4. The normalized spacial score (nSPS) is 33.2. The average Bonchev–Trinajstić information content (AvgIpc) is 2.18. The van der Waals surface area contributed by atoms with Gasteiger partial charge in [-0.3, -0.25) is 0 Å². The summed E-state index contributed by atoms with van der Waals surface area (Å²) in [7, 11) is 0. The molecular formula is C12H24O2. The molecule has 1 aliphatic rings. The molecule has 0 N–H and O–H groups in total. The number of hydrogen-bond acceptors (Lipinski definition) is 2. The molecule has 14 heavy (non-hydrogen) atoms. The summed E-state index contributed by atoms with van der Waals surface area (Å²) in [6.45, 7) is 7.21. The van der Waals surface area contributed by atoms with Gasteiger partial charge in [-0.2, -0.15) is 0 Å². The lowest BCUT2D eigenvalue weighted by atomic mass is 10.1. The first-order valence-corrected chi connectivity index (χ1v) is 6.01. The Morgan fingerprint density at radius 3 is 2.50 bits per heavy atom. The van der Waals surface area contributed by atoms with Crippen LogP contribution in [0.4, 0.5) is 0 Å². The Kier molecular flexibility index (Phi) is 5.49. The Morgan fingerprint density at radius 1 is 1.07 bits per heavy atom. The lowest BCUT2D eigenvalue weighted by Crippen LogP contribution is -2.40. The van der Waals surface area contributed by atoms with Crippen LogP contribution in [-0.4, -0.2) is 24.9 Å². The largest absolute Gasteiger partial charge is 0.373 e. The van der Waals surface area contributed by atoms with Gasteiger partial charge in [-0.25, -0.2) is 0 Å². The number of hydrogen-bond donors (Lipinski definition) is 0. The number of rotatable bonds is 5. The van der Waals surface area contributed by atoms with Crippen molar-refractivity contribution in [3.05, 3.63) is 0 Å². The standard InChI is InChI=1S/C12H24O2/c1-4-5-6-7-8-12-9-13-10(2)11(3)14-12/h10-12H,4-9H2,1-3H3/t10-,11-,12-/m1/s1. The Morgan fingerprint density at radius 2 is 1.86 bits per heavy atom. The molecule has 0 saturated carbocycles. The van der Waals surface area contributed by atoms with E-state index in [1.165, 1.54) is 25.7 Å². The molecule has 0 aromatic carbocycles. The van der Waals surface area contributed by atoms with E-state index in [4.69, 9.17) is 9.47 Å². The van der Waals surface area contributed by atoms with Gasteiger partial charge in [0.05, 0.1) is 24.9 Å². The van der Waals surface area contributed by atoms with Crippen molar-refractivity contribution in [2.45, 2.75) is 71.2 Å². The van der Waals surface area contributed by atoms with Crippen molar-refractivity contribution in [1.82, 2.24) is 0 Å². The summed E-state index contributed by atoms with van der Waals surface area (Å²) in [6, 6.07) is 0. The fourth-order valence-corrected chi connectivity index (χ4v) is 1.80. The third-order valence-corrected chi connectivity index (χ3v) is 2.99. The highest BCUT2D eigenvalue weighted by Gasteiger charge is 2.24. The van der Waals surface area contributed by atoms with Crippen molar-refractivity contribution >= 4 is 0 Å². The molecule has 0 radical (unpaired) electrons. The van der Waals surface area contributed by atoms with Crippen LogP contribution in [0.2, 0.25) is 0 Å². The Balaban J connectivity index is 2.07. The predicted molar refractivity (Wildman–Crippen MR) is 58.5 cm³/mol. The number of ether oxygens (including phenoxy) is 2. The van der Waals surface area contributed by atoms with Gasteiger partial charge in [-0.05, 0) is 20.3 Å². The molecule has 2 heteroatoms. The Bertz CT molecular complexity index is 147. The van der Waals surface area contributed by atoms with E-state index >= 15 is 0 Å². The fraction of sp³-hybridized carbons (Fsp3) is 1.00. The van der Waals surface area contributed by atoms with Crippen LogP contribution in [0.1, 0.15) is 52.9 Å². The van der Waals surface area contributed by atoms with Crippen molar-refractivity contribution in [2.75, 3.05) is 6.61 Å². The van der Waals surface area contributed by atoms with E-state index in [0.717, 1.165) is 13.0 Å². The zero-order valence-corrected chi connectivity index (χ0v) is 9.79. The van der Waals surface area contributed by atoms with Gasteiger partial charge in [0.2, 0.25) is 0 Å². The minimum Gasteiger partial charge on any atom is -0.373 e. The molecule has 0 amide bonds. The molecular weight excluding hydrogens is 176 g/mol. The zero-order valence-electron chi connectivity index (χ0n) is 9.79. The topological polar surface area (TPSA) is 18.5 Å². The third-order valence-electron chi connectivity index (χ3n) is 2.99. The minimum absolute atomic E-state index is 0.264. The molecule has 3 atom stereocenters. The molecule has 1 heterocycles. The van der Waals surface area contributed by atoms with E-state index in [2.05, 4.69) is 20.8 Å². The lowest BCUT2D eigenvalue weighted by molar-refractivity contribution is -0.169. The molecule has 0 bridgehead atoms. The maximum atomic E-state index is 5.85. The monoisotopic (exact) mass is 200 g/mol. The van der Waals surface area contributed by atoms with Crippen molar-refractivity contribution in [1.29, 1.82) is 0 Å². The quantitative estimate of drug-likeness (QED) is 0.635. The fourth-order valence-electron chi connectivity index (χ4n) is 1.80. The third kappa shape index (κ3) is 3.97. The van der Waals surface area contributed by atoms with Crippen LogP contribution < -0.4 is 0 Å². The molecule has 1 rings (SSSR count). The molecule has 1 aliphatic heterocycles. The van der Waals surface area contributed by atoms with E-state index < -0.39 is 0 Å². The van der Waals surface area contributed by atoms with Crippen molar-refractivity contribution in [3.63, 3.8) is 0 Å². The summed E-state index contributed by atoms with van der Waals surface area (Å²) < 4.78 is 11.5. The second-order valence-corrected chi connectivity index (χ2v) is 4.35. The molecule has 2 nitrogen and oxygen atoms in total. The van der Waals surface area contributed by atoms with E-state index in [-0.39, 0.29) is 12.2 Å². The van der Waals surface area contributed by atoms with Gasteiger partial charge in [0, 0.05) is 0 Å². The predicted octanol–water partition coefficient (Wildman–Crippen LogP) is 3.15. The first-order chi connectivity index (χ1) is 6.74. The van der Waals surface area contributed by atoms with E-state index in [9.17, 15) is 0 Å². The van der Waals surface area contributed by atoms with Crippen molar-refractivity contribution < 1.29 is 9.47 Å². The maximum absolute atomic E-state index is 5.85. The maximum Gasteiger partial charge on any atom is 0.0813 e. The van der Waals surface area contributed by atoms with Gasteiger partial charge in [-0.15, -0.1) is 0 Å². The summed E-state index contributed by atoms with van der Waals surface area (Å²) in [6.07, 6.45) is 7.30. The van der Waals surface area contributed by atoms with Crippen molar-refractivity contribution in [2.24, 2.45) is 0 Å². The Hall–Kier alpha value is -0.0800. The first-order valence-electron chi connectivity index (χ1n) is 6.01. The second-order valence-electron chi connectivity index (χ2n) is 4.35. The molecule has 0 spiro atoms. The molecule has 84 valence electrons. The summed E-state index contributed by atoms with van der Waals surface area (Å²) in [5.41, 5.74) is 0. The van der Waals surface area contributed by atoms with Crippen LogP contribution in [0.5, 0.6) is 0 Å². The average molecular weight is 200 g/mol. The van der Waals surface area contributed by atoms with Crippen LogP contribution in [0.15, 0.2) is 0 Å². The summed E-state index contributed by atoms with van der Waals surface area (Å²) in [4.78, 5) is 0. The van der Waals surface area contributed by atoms with Crippen LogP contribution in [-0.2, 0) is 9.47 Å². The molecule has 0 unspecified atom stereocenters. The van der Waals surface area contributed by atoms with Crippen LogP contribution in [0.3, 0.4) is 0 Å². The smallest absolute Gasteiger partial charge is 0.0813 e.